The number of rotatable bonds is 5. The Hall–Kier alpha value is -0.500. The standard InChI is InChI=1S/C13H18BrFN2O2S/c14-11-4-1-5-12(13(11)15)20(18,19)17-8-6-10-3-2-7-16-9-10/h1,4-5,10,16-17H,2-3,6-9H2. The second kappa shape index (κ2) is 6.98. The molecule has 112 valence electrons. The van der Waals surface area contributed by atoms with Gasteiger partial charge in [0, 0.05) is 6.54 Å². The van der Waals surface area contributed by atoms with Gasteiger partial charge < -0.3 is 5.32 Å². The average molecular weight is 365 g/mol. The highest BCUT2D eigenvalue weighted by atomic mass is 79.9. The summed E-state index contributed by atoms with van der Waals surface area (Å²) in [5, 5.41) is 3.29. The highest BCUT2D eigenvalue weighted by Gasteiger charge is 2.21. The van der Waals surface area contributed by atoms with Gasteiger partial charge in [0.25, 0.3) is 0 Å². The molecule has 0 radical (unpaired) electrons. The lowest BCUT2D eigenvalue weighted by atomic mass is 9.96. The van der Waals surface area contributed by atoms with E-state index < -0.39 is 15.8 Å². The Morgan fingerprint density at radius 2 is 2.25 bits per heavy atom. The van der Waals surface area contributed by atoms with Crippen LogP contribution in [0.5, 0.6) is 0 Å². The molecule has 0 spiro atoms. The van der Waals surface area contributed by atoms with Crippen LogP contribution in [0, 0.1) is 11.7 Å². The Morgan fingerprint density at radius 3 is 2.95 bits per heavy atom. The van der Waals surface area contributed by atoms with Gasteiger partial charge >= 0.3 is 0 Å². The number of benzene rings is 1. The maximum atomic E-state index is 13.8. The van der Waals surface area contributed by atoms with Crippen molar-refractivity contribution >= 4 is 26.0 Å². The Kier molecular flexibility index (Phi) is 5.54. The summed E-state index contributed by atoms with van der Waals surface area (Å²) in [5.74, 6) is -0.266. The zero-order chi connectivity index (χ0) is 14.6. The number of hydrogen-bond acceptors (Lipinski definition) is 3. The summed E-state index contributed by atoms with van der Waals surface area (Å²) in [4.78, 5) is -0.311. The molecule has 4 nitrogen and oxygen atoms in total. The maximum absolute atomic E-state index is 13.8. The minimum Gasteiger partial charge on any atom is -0.316 e. The van der Waals surface area contributed by atoms with Gasteiger partial charge in [-0.05, 0) is 66.3 Å². The Labute approximate surface area is 127 Å². The van der Waals surface area contributed by atoms with E-state index in [0.29, 0.717) is 12.5 Å². The topological polar surface area (TPSA) is 58.2 Å². The Morgan fingerprint density at radius 1 is 1.45 bits per heavy atom. The van der Waals surface area contributed by atoms with Gasteiger partial charge in [-0.3, -0.25) is 0 Å². The third kappa shape index (κ3) is 4.00. The molecule has 1 fully saturated rings. The predicted molar refractivity (Wildman–Crippen MR) is 79.5 cm³/mol. The van der Waals surface area contributed by atoms with Crippen molar-refractivity contribution in [3.05, 3.63) is 28.5 Å². The largest absolute Gasteiger partial charge is 0.316 e. The van der Waals surface area contributed by atoms with Crippen molar-refractivity contribution in [3.8, 4) is 0 Å². The summed E-state index contributed by atoms with van der Waals surface area (Å²) >= 11 is 2.99. The van der Waals surface area contributed by atoms with Gasteiger partial charge in [0.15, 0.2) is 5.82 Å². The maximum Gasteiger partial charge on any atom is 0.243 e. The van der Waals surface area contributed by atoms with E-state index in [2.05, 4.69) is 26.0 Å². The molecule has 0 aromatic heterocycles. The van der Waals surface area contributed by atoms with Crippen molar-refractivity contribution in [1.29, 1.82) is 0 Å². The van der Waals surface area contributed by atoms with Crippen LogP contribution in [0.25, 0.3) is 0 Å². The third-order valence-corrected chi connectivity index (χ3v) is 5.54. The van der Waals surface area contributed by atoms with Crippen LogP contribution >= 0.6 is 15.9 Å². The molecule has 0 amide bonds. The van der Waals surface area contributed by atoms with Gasteiger partial charge in [0.05, 0.1) is 4.47 Å². The quantitative estimate of drug-likeness (QED) is 0.842. The first kappa shape index (κ1) is 15.9. The zero-order valence-electron chi connectivity index (χ0n) is 11.0. The fourth-order valence-electron chi connectivity index (χ4n) is 2.34. The summed E-state index contributed by atoms with van der Waals surface area (Å²) in [6.45, 7) is 2.29. The van der Waals surface area contributed by atoms with Gasteiger partial charge in [-0.25, -0.2) is 17.5 Å². The lowest BCUT2D eigenvalue weighted by Gasteiger charge is -2.22. The van der Waals surface area contributed by atoms with Gasteiger partial charge in [0.2, 0.25) is 10.0 Å². The zero-order valence-corrected chi connectivity index (χ0v) is 13.4. The molecule has 1 heterocycles. The van der Waals surface area contributed by atoms with E-state index >= 15 is 0 Å². The van der Waals surface area contributed by atoms with Crippen molar-refractivity contribution in [2.75, 3.05) is 19.6 Å². The third-order valence-electron chi connectivity index (χ3n) is 3.45. The van der Waals surface area contributed by atoms with Crippen LogP contribution in [-0.4, -0.2) is 28.1 Å². The first-order chi connectivity index (χ1) is 9.50. The van der Waals surface area contributed by atoms with Crippen molar-refractivity contribution in [2.24, 2.45) is 5.92 Å². The van der Waals surface area contributed by atoms with Crippen LogP contribution in [0.15, 0.2) is 27.6 Å². The fourth-order valence-corrected chi connectivity index (χ4v) is 3.98. The summed E-state index contributed by atoms with van der Waals surface area (Å²) in [6, 6.07) is 4.25. The Balaban J connectivity index is 1.95. The SMILES string of the molecule is O=S(=O)(NCCC1CCCNC1)c1cccc(Br)c1F. The summed E-state index contributed by atoms with van der Waals surface area (Å²) in [6.07, 6.45) is 3.00. The molecule has 1 aliphatic rings. The monoisotopic (exact) mass is 364 g/mol. The molecule has 7 heteroatoms. The van der Waals surface area contributed by atoms with E-state index in [1.165, 1.54) is 18.2 Å². The van der Waals surface area contributed by atoms with Crippen LogP contribution in [0.2, 0.25) is 0 Å². The number of hydrogen-bond donors (Lipinski definition) is 2. The molecule has 1 atom stereocenters. The number of sulfonamides is 1. The van der Waals surface area contributed by atoms with Crippen LogP contribution in [0.4, 0.5) is 4.39 Å². The van der Waals surface area contributed by atoms with E-state index in [0.717, 1.165) is 32.4 Å². The lowest BCUT2D eigenvalue weighted by molar-refractivity contribution is 0.358. The highest BCUT2D eigenvalue weighted by Crippen LogP contribution is 2.22. The molecule has 2 N–H and O–H groups in total. The van der Waals surface area contributed by atoms with Crippen LogP contribution < -0.4 is 10.0 Å². The molecule has 1 aliphatic heterocycles. The van der Waals surface area contributed by atoms with Gasteiger partial charge in [0.1, 0.15) is 4.90 Å². The summed E-state index contributed by atoms with van der Waals surface area (Å²) < 4.78 is 40.5. The molecule has 1 aromatic carbocycles. The van der Waals surface area contributed by atoms with E-state index in [1.807, 2.05) is 0 Å². The lowest BCUT2D eigenvalue weighted by Crippen LogP contribution is -2.33. The average Bonchev–Trinajstić information content (AvgIpc) is 2.42. The van der Waals surface area contributed by atoms with Gasteiger partial charge in [-0.1, -0.05) is 6.07 Å². The predicted octanol–water partition coefficient (Wildman–Crippen LogP) is 2.26. The first-order valence-corrected chi connectivity index (χ1v) is 8.93. The number of piperidine rings is 1. The second-order valence-electron chi connectivity index (χ2n) is 4.95. The highest BCUT2D eigenvalue weighted by molar-refractivity contribution is 9.10. The number of nitrogens with one attached hydrogen (secondary N) is 2. The molecule has 0 bridgehead atoms. The van der Waals surface area contributed by atoms with E-state index in [4.69, 9.17) is 0 Å². The smallest absolute Gasteiger partial charge is 0.243 e. The Bertz CT molecular complexity index is 559. The minimum absolute atomic E-state index is 0.150. The van der Waals surface area contributed by atoms with Crippen LogP contribution in [-0.2, 0) is 10.0 Å². The molecular weight excluding hydrogens is 347 g/mol. The molecule has 1 aromatic rings. The molecule has 0 aliphatic carbocycles. The molecule has 0 saturated carbocycles. The van der Waals surface area contributed by atoms with E-state index in [-0.39, 0.29) is 9.37 Å². The molecular formula is C13H18BrFN2O2S. The van der Waals surface area contributed by atoms with Crippen molar-refractivity contribution in [2.45, 2.75) is 24.2 Å². The molecule has 2 rings (SSSR count). The van der Waals surface area contributed by atoms with Gasteiger partial charge in [-0.15, -0.1) is 0 Å². The first-order valence-electron chi connectivity index (χ1n) is 6.65. The van der Waals surface area contributed by atoms with Crippen molar-refractivity contribution < 1.29 is 12.8 Å². The summed E-state index contributed by atoms with van der Waals surface area (Å²) in [5.41, 5.74) is 0. The molecule has 1 saturated heterocycles. The van der Waals surface area contributed by atoms with Crippen LogP contribution in [0.1, 0.15) is 19.3 Å². The van der Waals surface area contributed by atoms with E-state index in [9.17, 15) is 12.8 Å². The minimum atomic E-state index is -3.79. The molecule has 1 unspecified atom stereocenters. The van der Waals surface area contributed by atoms with Crippen LogP contribution in [0.3, 0.4) is 0 Å². The normalized spacial score (nSPS) is 20.0. The van der Waals surface area contributed by atoms with Crippen molar-refractivity contribution in [3.63, 3.8) is 0 Å². The van der Waals surface area contributed by atoms with E-state index in [1.54, 1.807) is 0 Å². The second-order valence-corrected chi connectivity index (χ2v) is 7.54. The molecule has 20 heavy (non-hydrogen) atoms. The van der Waals surface area contributed by atoms with Gasteiger partial charge in [-0.2, -0.15) is 0 Å². The van der Waals surface area contributed by atoms with Crippen molar-refractivity contribution in [1.82, 2.24) is 10.0 Å². The number of halogens is 2. The summed E-state index contributed by atoms with van der Waals surface area (Å²) in [7, 11) is -3.79. The fraction of sp³-hybridized carbons (Fsp3) is 0.538.